The van der Waals surface area contributed by atoms with Gasteiger partial charge in [0.15, 0.2) is 0 Å². The number of carbonyl (C=O) groups is 1. The molecule has 2 aromatic carbocycles. The Morgan fingerprint density at radius 1 is 0.976 bits per heavy atom. The van der Waals surface area contributed by atoms with Gasteiger partial charge in [-0.05, 0) is 59.2 Å². The highest BCUT2D eigenvalue weighted by molar-refractivity contribution is 5.70. The number of carboxylic acid groups (broad SMARTS) is 1. The summed E-state index contributed by atoms with van der Waals surface area (Å²) >= 11 is 0. The zero-order valence-electron chi connectivity index (χ0n) is 22.4. The van der Waals surface area contributed by atoms with Crippen molar-refractivity contribution < 1.29 is 36.2 Å². The molecule has 0 radical (unpaired) electrons. The van der Waals surface area contributed by atoms with Crippen LogP contribution in [0.3, 0.4) is 0 Å². The average Bonchev–Trinajstić information content (AvgIpc) is 2.91. The van der Waals surface area contributed by atoms with Crippen molar-refractivity contribution in [1.29, 1.82) is 0 Å². The number of fused-ring (bicyclic) bond motifs is 1. The number of alkyl halides is 6. The molecule has 0 saturated carbocycles. The van der Waals surface area contributed by atoms with Crippen LogP contribution in [0.5, 0.6) is 0 Å². The molecule has 4 rings (SSSR count). The summed E-state index contributed by atoms with van der Waals surface area (Å²) in [4.78, 5) is 23.5. The van der Waals surface area contributed by atoms with Gasteiger partial charge in [0.25, 0.3) is 0 Å². The summed E-state index contributed by atoms with van der Waals surface area (Å²) in [5.74, 6) is -0.717. The maximum Gasteiger partial charge on any atom is 0.416 e. The maximum atomic E-state index is 13.8. The number of rotatable bonds is 10. The topological polar surface area (TPSA) is 69.6 Å². The molecule has 2 heterocycles. The van der Waals surface area contributed by atoms with Crippen molar-refractivity contribution in [2.24, 2.45) is 0 Å². The average molecular weight is 581 g/mol. The number of aromatic nitrogens is 2. The molecule has 0 bridgehead atoms. The third-order valence-electron chi connectivity index (χ3n) is 7.11. The van der Waals surface area contributed by atoms with Crippen LogP contribution in [-0.2, 0) is 49.5 Å². The summed E-state index contributed by atoms with van der Waals surface area (Å²) in [5, 5.41) is 9.09. The Balaban J connectivity index is 1.51. The van der Waals surface area contributed by atoms with E-state index in [2.05, 4.69) is 14.9 Å². The Morgan fingerprint density at radius 3 is 2.34 bits per heavy atom. The Bertz CT molecular complexity index is 1360. The second-order valence-electron chi connectivity index (χ2n) is 10.1. The zero-order chi connectivity index (χ0) is 29.8. The second-order valence-corrected chi connectivity index (χ2v) is 10.1. The van der Waals surface area contributed by atoms with E-state index < -0.39 is 29.4 Å². The van der Waals surface area contributed by atoms with Crippen molar-refractivity contribution in [1.82, 2.24) is 14.9 Å². The zero-order valence-corrected chi connectivity index (χ0v) is 22.4. The van der Waals surface area contributed by atoms with Crippen LogP contribution in [0.2, 0.25) is 0 Å². The molecule has 220 valence electrons. The number of nitrogens with zero attached hydrogens (tertiary/aromatic N) is 4. The van der Waals surface area contributed by atoms with E-state index in [0.717, 1.165) is 35.7 Å². The van der Waals surface area contributed by atoms with Crippen molar-refractivity contribution >= 4 is 11.9 Å². The van der Waals surface area contributed by atoms with Gasteiger partial charge in [-0.15, -0.1) is 0 Å². The van der Waals surface area contributed by atoms with Crippen LogP contribution in [0.4, 0.5) is 32.3 Å². The molecule has 1 aliphatic rings. The van der Waals surface area contributed by atoms with Gasteiger partial charge in [-0.3, -0.25) is 9.69 Å². The quantitative estimate of drug-likeness (QED) is 0.290. The SMILES string of the molecule is CCc1cnc(N(CCCN2CCc3ccc(CC(=O)O)cc3C2)Cc2ccc(C(F)(F)F)cc2C(F)(F)F)nc1. The van der Waals surface area contributed by atoms with E-state index in [1.165, 1.54) is 0 Å². The molecule has 0 atom stereocenters. The molecule has 0 saturated heterocycles. The van der Waals surface area contributed by atoms with Gasteiger partial charge in [0.1, 0.15) is 0 Å². The highest BCUT2D eigenvalue weighted by atomic mass is 19.4. The first-order valence-electron chi connectivity index (χ1n) is 13.2. The fraction of sp³-hybridized carbons (Fsp3) is 0.414. The van der Waals surface area contributed by atoms with E-state index in [1.54, 1.807) is 17.3 Å². The first kappa shape index (κ1) is 30.3. The van der Waals surface area contributed by atoms with Crippen LogP contribution in [0.15, 0.2) is 48.8 Å². The molecular formula is C29H30F6N4O2. The van der Waals surface area contributed by atoms with E-state index in [-0.39, 0.29) is 37.1 Å². The minimum atomic E-state index is -4.98. The van der Waals surface area contributed by atoms with Gasteiger partial charge in [-0.2, -0.15) is 26.3 Å². The number of anilines is 1. The predicted molar refractivity (Wildman–Crippen MR) is 140 cm³/mol. The van der Waals surface area contributed by atoms with Crippen molar-refractivity contribution in [2.75, 3.05) is 24.5 Å². The lowest BCUT2D eigenvalue weighted by molar-refractivity contribution is -0.143. The predicted octanol–water partition coefficient (Wildman–Crippen LogP) is 6.16. The van der Waals surface area contributed by atoms with Crippen molar-refractivity contribution in [3.05, 3.63) is 87.7 Å². The number of halogens is 6. The highest BCUT2D eigenvalue weighted by Gasteiger charge is 2.38. The van der Waals surface area contributed by atoms with Crippen LogP contribution in [0.25, 0.3) is 0 Å². The molecule has 0 unspecified atom stereocenters. The monoisotopic (exact) mass is 580 g/mol. The Morgan fingerprint density at radius 2 is 1.71 bits per heavy atom. The summed E-state index contributed by atoms with van der Waals surface area (Å²) in [5.41, 5.74) is 0.759. The molecule has 1 aliphatic heterocycles. The molecule has 1 N–H and O–H groups in total. The van der Waals surface area contributed by atoms with Crippen LogP contribution in [0.1, 0.15) is 52.3 Å². The molecule has 6 nitrogen and oxygen atoms in total. The van der Waals surface area contributed by atoms with E-state index >= 15 is 0 Å². The van der Waals surface area contributed by atoms with Gasteiger partial charge in [0.2, 0.25) is 5.95 Å². The minimum absolute atomic E-state index is 0.0665. The van der Waals surface area contributed by atoms with Crippen LogP contribution < -0.4 is 4.90 Å². The molecule has 0 fully saturated rings. The summed E-state index contributed by atoms with van der Waals surface area (Å²) in [6.45, 7) is 3.85. The molecule has 41 heavy (non-hydrogen) atoms. The van der Waals surface area contributed by atoms with Crippen molar-refractivity contribution in [3.63, 3.8) is 0 Å². The summed E-state index contributed by atoms with van der Waals surface area (Å²) in [7, 11) is 0. The van der Waals surface area contributed by atoms with Gasteiger partial charge in [0.05, 0.1) is 17.5 Å². The molecular weight excluding hydrogens is 550 g/mol. The van der Waals surface area contributed by atoms with E-state index in [9.17, 15) is 31.1 Å². The number of benzene rings is 2. The minimum Gasteiger partial charge on any atom is -0.481 e. The standard InChI is InChI=1S/C29H30F6N4O2/c1-2-19-15-36-27(37-16-19)39(18-22-6-7-24(28(30,31)32)14-25(22)29(33,34)35)10-3-9-38-11-8-21-5-4-20(13-26(40)41)12-23(21)17-38/h4-7,12,14-16H,2-3,8-11,13,17-18H2,1H3,(H,40,41). The molecule has 12 heteroatoms. The number of hydrogen-bond acceptors (Lipinski definition) is 5. The highest BCUT2D eigenvalue weighted by Crippen LogP contribution is 2.38. The van der Waals surface area contributed by atoms with Gasteiger partial charge >= 0.3 is 18.3 Å². The maximum absolute atomic E-state index is 13.8. The second kappa shape index (κ2) is 12.5. The smallest absolute Gasteiger partial charge is 0.416 e. The lowest BCUT2D eigenvalue weighted by atomic mass is 9.96. The largest absolute Gasteiger partial charge is 0.481 e. The lowest BCUT2D eigenvalue weighted by Crippen LogP contribution is -2.34. The molecule has 0 amide bonds. The van der Waals surface area contributed by atoms with E-state index in [4.69, 9.17) is 5.11 Å². The molecule has 0 spiro atoms. The fourth-order valence-electron chi connectivity index (χ4n) is 4.93. The summed E-state index contributed by atoms with van der Waals surface area (Å²) in [6.07, 6.45) is -4.79. The third-order valence-corrected chi connectivity index (χ3v) is 7.11. The normalized spacial score (nSPS) is 14.1. The Kier molecular flexibility index (Phi) is 9.21. The summed E-state index contributed by atoms with van der Waals surface area (Å²) < 4.78 is 81.0. The number of hydrogen-bond donors (Lipinski definition) is 1. The number of aryl methyl sites for hydroxylation is 1. The van der Waals surface area contributed by atoms with Crippen molar-refractivity contribution in [2.45, 2.75) is 58.0 Å². The number of carboxylic acids is 1. The lowest BCUT2D eigenvalue weighted by Gasteiger charge is -2.30. The van der Waals surface area contributed by atoms with Gasteiger partial charge in [-0.25, -0.2) is 9.97 Å². The summed E-state index contributed by atoms with van der Waals surface area (Å²) in [6, 6.07) is 7.35. The van der Waals surface area contributed by atoms with Gasteiger partial charge in [0, 0.05) is 45.1 Å². The molecule has 1 aromatic heterocycles. The van der Waals surface area contributed by atoms with Crippen molar-refractivity contribution in [3.8, 4) is 0 Å². The Labute approximate surface area is 233 Å². The first-order chi connectivity index (χ1) is 19.3. The van der Waals surface area contributed by atoms with E-state index in [0.29, 0.717) is 37.6 Å². The van der Waals surface area contributed by atoms with Crippen LogP contribution in [-0.4, -0.2) is 45.6 Å². The van der Waals surface area contributed by atoms with Gasteiger partial charge in [-0.1, -0.05) is 31.2 Å². The Hall–Kier alpha value is -3.67. The van der Waals surface area contributed by atoms with Crippen LogP contribution in [0, 0.1) is 0 Å². The van der Waals surface area contributed by atoms with Crippen LogP contribution >= 0.6 is 0 Å². The fourth-order valence-corrected chi connectivity index (χ4v) is 4.93. The first-order valence-corrected chi connectivity index (χ1v) is 13.2. The van der Waals surface area contributed by atoms with E-state index in [1.807, 2.05) is 25.1 Å². The molecule has 0 aliphatic carbocycles. The number of aliphatic carboxylic acids is 1. The third kappa shape index (κ3) is 7.96. The van der Waals surface area contributed by atoms with Gasteiger partial charge < -0.3 is 10.0 Å². The molecule has 3 aromatic rings.